The molecule has 0 saturated heterocycles. The van der Waals surface area contributed by atoms with Gasteiger partial charge in [0, 0.05) is 22.2 Å². The highest BCUT2D eigenvalue weighted by molar-refractivity contribution is 7.13. The maximum Gasteiger partial charge on any atom is 0.230 e. The number of carbonyl (C=O) groups excluding carboxylic acids is 1. The van der Waals surface area contributed by atoms with E-state index in [2.05, 4.69) is 20.3 Å². The molecule has 0 aliphatic heterocycles. The van der Waals surface area contributed by atoms with Gasteiger partial charge in [0.15, 0.2) is 0 Å². The summed E-state index contributed by atoms with van der Waals surface area (Å²) >= 11 is 1.52. The van der Waals surface area contributed by atoms with Crippen LogP contribution in [0, 0.1) is 0 Å². The molecule has 0 saturated carbocycles. The molecule has 0 radical (unpaired) electrons. The summed E-state index contributed by atoms with van der Waals surface area (Å²) in [4.78, 5) is 25.0. The van der Waals surface area contributed by atoms with Crippen LogP contribution in [0.1, 0.15) is 5.69 Å². The Hall–Kier alpha value is -3.97. The van der Waals surface area contributed by atoms with E-state index in [1.54, 1.807) is 7.11 Å². The van der Waals surface area contributed by atoms with E-state index in [1.165, 1.54) is 11.3 Å². The minimum Gasteiger partial charge on any atom is -0.497 e. The number of hydrogen-bond donors (Lipinski definition) is 2. The SMILES string of the molecule is COc1ccc(-c2nc(CC(=O)Nc3ccc(-c4nc5ccccc5[nH]4)cc3)cs2)cc1. The molecule has 1 amide bonds. The van der Waals surface area contributed by atoms with Crippen LogP contribution in [0.4, 0.5) is 5.69 Å². The zero-order chi connectivity index (χ0) is 21.9. The van der Waals surface area contributed by atoms with Crippen LogP contribution in [0.15, 0.2) is 78.2 Å². The topological polar surface area (TPSA) is 79.9 Å². The first kappa shape index (κ1) is 20.0. The van der Waals surface area contributed by atoms with Gasteiger partial charge in [0.2, 0.25) is 5.91 Å². The fourth-order valence-electron chi connectivity index (χ4n) is 3.42. The Morgan fingerprint density at radius 1 is 0.969 bits per heavy atom. The highest BCUT2D eigenvalue weighted by Gasteiger charge is 2.11. The minimum absolute atomic E-state index is 0.104. The third kappa shape index (κ3) is 4.24. The van der Waals surface area contributed by atoms with Crippen molar-refractivity contribution in [2.45, 2.75) is 6.42 Å². The lowest BCUT2D eigenvalue weighted by Crippen LogP contribution is -2.14. The van der Waals surface area contributed by atoms with Crippen molar-refractivity contribution >= 4 is 34.0 Å². The number of hydrogen-bond acceptors (Lipinski definition) is 5. The smallest absolute Gasteiger partial charge is 0.230 e. The summed E-state index contributed by atoms with van der Waals surface area (Å²) in [6, 6.07) is 23.3. The van der Waals surface area contributed by atoms with Gasteiger partial charge in [-0.15, -0.1) is 11.3 Å². The number of ether oxygens (including phenoxy) is 1. The zero-order valence-electron chi connectivity index (χ0n) is 17.3. The van der Waals surface area contributed by atoms with Crippen molar-refractivity contribution in [1.29, 1.82) is 0 Å². The first-order valence-corrected chi connectivity index (χ1v) is 11.0. The quantitative estimate of drug-likeness (QED) is 0.363. The van der Waals surface area contributed by atoms with Crippen LogP contribution < -0.4 is 10.1 Å². The van der Waals surface area contributed by atoms with Gasteiger partial charge in [-0.3, -0.25) is 4.79 Å². The molecule has 2 N–H and O–H groups in total. The lowest BCUT2D eigenvalue weighted by molar-refractivity contribution is -0.115. The number of fused-ring (bicyclic) bond motifs is 1. The van der Waals surface area contributed by atoms with Gasteiger partial charge in [-0.2, -0.15) is 0 Å². The number of aromatic amines is 1. The second kappa shape index (κ2) is 8.64. The second-order valence-corrected chi connectivity index (χ2v) is 8.14. The number of nitrogens with zero attached hydrogens (tertiary/aromatic N) is 2. The minimum atomic E-state index is -0.104. The summed E-state index contributed by atoms with van der Waals surface area (Å²) in [7, 11) is 1.64. The fourth-order valence-corrected chi connectivity index (χ4v) is 4.25. The largest absolute Gasteiger partial charge is 0.497 e. The van der Waals surface area contributed by atoms with E-state index in [0.717, 1.165) is 50.1 Å². The highest BCUT2D eigenvalue weighted by Crippen LogP contribution is 2.26. The van der Waals surface area contributed by atoms with Gasteiger partial charge in [0.25, 0.3) is 0 Å². The Morgan fingerprint density at radius 2 is 1.72 bits per heavy atom. The third-order valence-electron chi connectivity index (χ3n) is 5.06. The Bertz CT molecular complexity index is 1340. The van der Waals surface area contributed by atoms with Crippen LogP contribution in [-0.4, -0.2) is 28.0 Å². The predicted molar refractivity (Wildman–Crippen MR) is 128 cm³/mol. The van der Waals surface area contributed by atoms with Crippen molar-refractivity contribution in [3.8, 4) is 27.7 Å². The number of nitrogens with one attached hydrogen (secondary N) is 2. The second-order valence-electron chi connectivity index (χ2n) is 7.28. The number of thiazole rings is 1. The monoisotopic (exact) mass is 440 g/mol. The molecule has 5 rings (SSSR count). The molecule has 6 nitrogen and oxygen atoms in total. The van der Waals surface area contributed by atoms with Crippen LogP contribution in [0.5, 0.6) is 5.75 Å². The molecule has 158 valence electrons. The molecule has 0 aliphatic carbocycles. The molecule has 0 atom stereocenters. The van der Waals surface area contributed by atoms with Gasteiger partial charge in [-0.25, -0.2) is 9.97 Å². The lowest BCUT2D eigenvalue weighted by Gasteiger charge is -2.05. The normalized spacial score (nSPS) is 10.9. The lowest BCUT2D eigenvalue weighted by atomic mass is 10.2. The predicted octanol–water partition coefficient (Wildman–Crippen LogP) is 5.54. The van der Waals surface area contributed by atoms with Crippen molar-refractivity contribution in [3.05, 3.63) is 83.9 Å². The maximum atomic E-state index is 12.5. The Balaban J connectivity index is 1.23. The first-order valence-electron chi connectivity index (χ1n) is 10.1. The maximum absolute atomic E-state index is 12.5. The Morgan fingerprint density at radius 3 is 2.47 bits per heavy atom. The van der Waals surface area contributed by atoms with E-state index < -0.39 is 0 Å². The van der Waals surface area contributed by atoms with Crippen molar-refractivity contribution in [2.24, 2.45) is 0 Å². The van der Waals surface area contributed by atoms with Crippen molar-refractivity contribution in [2.75, 3.05) is 12.4 Å². The molecule has 3 aromatic carbocycles. The molecule has 7 heteroatoms. The summed E-state index contributed by atoms with van der Waals surface area (Å²) in [5.74, 6) is 1.50. The Labute approximate surface area is 188 Å². The molecule has 32 heavy (non-hydrogen) atoms. The average Bonchev–Trinajstić information content (AvgIpc) is 3.47. The number of aromatic nitrogens is 3. The van der Waals surface area contributed by atoms with E-state index >= 15 is 0 Å². The highest BCUT2D eigenvalue weighted by atomic mass is 32.1. The van der Waals surface area contributed by atoms with Crippen LogP contribution in [-0.2, 0) is 11.2 Å². The van der Waals surface area contributed by atoms with Crippen molar-refractivity contribution in [1.82, 2.24) is 15.0 Å². The van der Waals surface area contributed by atoms with E-state index in [1.807, 2.05) is 78.2 Å². The molecule has 0 fully saturated rings. The number of imidazole rings is 1. The van der Waals surface area contributed by atoms with E-state index in [9.17, 15) is 4.79 Å². The Kier molecular flexibility index (Phi) is 5.39. The standard InChI is InChI=1S/C25H20N4O2S/c1-31-20-12-8-17(9-13-20)25-27-19(15-32-25)14-23(30)26-18-10-6-16(7-11-18)24-28-21-4-2-3-5-22(21)29-24/h2-13,15H,14H2,1H3,(H,26,30)(H,28,29). The molecule has 0 unspecified atom stereocenters. The molecular formula is C25H20N4O2S. The number of carbonyl (C=O) groups is 1. The van der Waals surface area contributed by atoms with Gasteiger partial charge in [0.1, 0.15) is 16.6 Å². The molecule has 2 aromatic heterocycles. The van der Waals surface area contributed by atoms with Gasteiger partial charge in [-0.05, 0) is 60.7 Å². The fraction of sp³-hybridized carbons (Fsp3) is 0.0800. The molecule has 0 aliphatic rings. The van der Waals surface area contributed by atoms with E-state index in [4.69, 9.17) is 4.74 Å². The van der Waals surface area contributed by atoms with Gasteiger partial charge < -0.3 is 15.0 Å². The third-order valence-corrected chi connectivity index (χ3v) is 6.00. The molecule has 0 spiro atoms. The van der Waals surface area contributed by atoms with Gasteiger partial charge in [-0.1, -0.05) is 12.1 Å². The summed E-state index contributed by atoms with van der Waals surface area (Å²) in [5.41, 5.74) is 5.37. The summed E-state index contributed by atoms with van der Waals surface area (Å²) < 4.78 is 5.19. The van der Waals surface area contributed by atoms with Crippen LogP contribution >= 0.6 is 11.3 Å². The number of rotatable bonds is 6. The van der Waals surface area contributed by atoms with Crippen molar-refractivity contribution < 1.29 is 9.53 Å². The van der Waals surface area contributed by atoms with E-state index in [0.29, 0.717) is 0 Å². The van der Waals surface area contributed by atoms with Gasteiger partial charge in [0.05, 0.1) is 30.3 Å². The molecule has 5 aromatic rings. The summed E-state index contributed by atoms with van der Waals surface area (Å²) in [5, 5.41) is 5.74. The summed E-state index contributed by atoms with van der Waals surface area (Å²) in [6.07, 6.45) is 0.220. The average molecular weight is 441 g/mol. The molecule has 2 heterocycles. The van der Waals surface area contributed by atoms with Crippen LogP contribution in [0.3, 0.4) is 0 Å². The van der Waals surface area contributed by atoms with Crippen LogP contribution in [0.25, 0.3) is 33.0 Å². The number of methoxy groups -OCH3 is 1. The van der Waals surface area contributed by atoms with Crippen LogP contribution in [0.2, 0.25) is 0 Å². The number of anilines is 1. The number of para-hydroxylation sites is 2. The number of H-pyrrole nitrogens is 1. The molecule has 0 bridgehead atoms. The number of benzene rings is 3. The number of amides is 1. The zero-order valence-corrected chi connectivity index (χ0v) is 18.1. The van der Waals surface area contributed by atoms with Crippen molar-refractivity contribution in [3.63, 3.8) is 0 Å². The molecular weight excluding hydrogens is 420 g/mol. The van der Waals surface area contributed by atoms with E-state index in [-0.39, 0.29) is 12.3 Å². The summed E-state index contributed by atoms with van der Waals surface area (Å²) in [6.45, 7) is 0. The first-order chi connectivity index (χ1) is 15.7. The van der Waals surface area contributed by atoms with Gasteiger partial charge >= 0.3 is 0 Å².